The van der Waals surface area contributed by atoms with Gasteiger partial charge in [-0.2, -0.15) is 5.10 Å². The number of hydrogen-bond acceptors (Lipinski definition) is 4. The normalized spacial score (nSPS) is 15.1. The Morgan fingerprint density at radius 3 is 3.06 bits per heavy atom. The summed E-state index contributed by atoms with van der Waals surface area (Å²) in [6.45, 7) is 0.915. The zero-order valence-corrected chi connectivity index (χ0v) is 9.39. The molecule has 2 aromatic heterocycles. The van der Waals surface area contributed by atoms with Crippen LogP contribution in [0.15, 0.2) is 41.9 Å². The molecule has 80 valence electrons. The van der Waals surface area contributed by atoms with E-state index in [9.17, 15) is 0 Å². The van der Waals surface area contributed by atoms with Crippen molar-refractivity contribution in [2.24, 2.45) is 4.99 Å². The molecule has 5 heteroatoms. The highest BCUT2D eigenvalue weighted by Crippen LogP contribution is 2.19. The molecule has 16 heavy (non-hydrogen) atoms. The van der Waals surface area contributed by atoms with Crippen molar-refractivity contribution in [3.8, 4) is 5.69 Å². The fraction of sp³-hybridized carbons (Fsp3) is 0.182. The quantitative estimate of drug-likeness (QED) is 0.789. The third-order valence-electron chi connectivity index (χ3n) is 2.33. The third-order valence-corrected chi connectivity index (χ3v) is 3.35. The molecule has 3 rings (SSSR count). The van der Waals surface area contributed by atoms with Crippen LogP contribution in [-0.4, -0.2) is 32.1 Å². The van der Waals surface area contributed by atoms with Gasteiger partial charge in [0, 0.05) is 30.3 Å². The van der Waals surface area contributed by atoms with Crippen LogP contribution in [0.25, 0.3) is 5.69 Å². The highest BCUT2D eigenvalue weighted by Gasteiger charge is 2.11. The number of pyridine rings is 1. The molecule has 0 atom stereocenters. The van der Waals surface area contributed by atoms with Crippen molar-refractivity contribution in [2.45, 2.75) is 0 Å². The van der Waals surface area contributed by atoms with Gasteiger partial charge in [0.15, 0.2) is 0 Å². The van der Waals surface area contributed by atoms with Gasteiger partial charge in [-0.05, 0) is 12.1 Å². The van der Waals surface area contributed by atoms with Crippen LogP contribution in [-0.2, 0) is 0 Å². The molecule has 0 radical (unpaired) electrons. The smallest absolute Gasteiger partial charge is 0.101 e. The van der Waals surface area contributed by atoms with Crippen LogP contribution in [0.3, 0.4) is 0 Å². The van der Waals surface area contributed by atoms with E-state index in [1.54, 1.807) is 24.2 Å². The molecule has 1 aliphatic heterocycles. The monoisotopic (exact) mass is 230 g/mol. The average molecular weight is 230 g/mol. The van der Waals surface area contributed by atoms with Gasteiger partial charge in [0.1, 0.15) is 5.04 Å². The molecule has 0 saturated heterocycles. The molecule has 0 bridgehead atoms. The van der Waals surface area contributed by atoms with Gasteiger partial charge < -0.3 is 0 Å². The molecular weight excluding hydrogens is 220 g/mol. The van der Waals surface area contributed by atoms with Crippen molar-refractivity contribution < 1.29 is 0 Å². The zero-order valence-electron chi connectivity index (χ0n) is 8.58. The summed E-state index contributed by atoms with van der Waals surface area (Å²) in [5.74, 6) is 1.08. The molecule has 0 N–H and O–H groups in total. The number of rotatable bonds is 2. The first-order chi connectivity index (χ1) is 7.93. The summed E-state index contributed by atoms with van der Waals surface area (Å²) >= 11 is 1.79. The van der Waals surface area contributed by atoms with Crippen LogP contribution < -0.4 is 0 Å². The maximum atomic E-state index is 4.42. The summed E-state index contributed by atoms with van der Waals surface area (Å²) in [5.41, 5.74) is 2.06. The minimum Gasteiger partial charge on any atom is -0.277 e. The number of hydrogen-bond donors (Lipinski definition) is 0. The molecule has 2 aromatic rings. The van der Waals surface area contributed by atoms with Gasteiger partial charge in [-0.3, -0.25) is 9.98 Å². The Balaban J connectivity index is 1.94. The summed E-state index contributed by atoms with van der Waals surface area (Å²) in [7, 11) is 0. The molecule has 0 fully saturated rings. The van der Waals surface area contributed by atoms with Crippen molar-refractivity contribution in [2.75, 3.05) is 12.3 Å². The summed E-state index contributed by atoms with van der Waals surface area (Å²) in [5, 5.41) is 5.41. The van der Waals surface area contributed by atoms with Gasteiger partial charge in [0.25, 0.3) is 0 Å². The van der Waals surface area contributed by atoms with Crippen molar-refractivity contribution in [3.63, 3.8) is 0 Å². The molecule has 1 aliphatic rings. The van der Waals surface area contributed by atoms with E-state index < -0.39 is 0 Å². The van der Waals surface area contributed by atoms with Crippen LogP contribution in [0.4, 0.5) is 0 Å². The highest BCUT2D eigenvalue weighted by atomic mass is 32.2. The van der Waals surface area contributed by atoms with Gasteiger partial charge in [0.2, 0.25) is 0 Å². The second-order valence-electron chi connectivity index (χ2n) is 3.42. The van der Waals surface area contributed by atoms with Crippen LogP contribution in [0.2, 0.25) is 0 Å². The zero-order chi connectivity index (χ0) is 10.8. The molecule has 4 nitrogen and oxygen atoms in total. The van der Waals surface area contributed by atoms with Crippen molar-refractivity contribution in [3.05, 3.63) is 42.5 Å². The Morgan fingerprint density at radius 2 is 2.31 bits per heavy atom. The van der Waals surface area contributed by atoms with Crippen LogP contribution in [0, 0.1) is 0 Å². The van der Waals surface area contributed by atoms with E-state index >= 15 is 0 Å². The van der Waals surface area contributed by atoms with E-state index in [0.29, 0.717) is 0 Å². The Bertz CT molecular complexity index is 518. The highest BCUT2D eigenvalue weighted by molar-refractivity contribution is 8.14. The molecule has 0 unspecified atom stereocenters. The minimum absolute atomic E-state index is 0.915. The largest absolute Gasteiger partial charge is 0.277 e. The summed E-state index contributed by atoms with van der Waals surface area (Å²) in [4.78, 5) is 8.50. The Kier molecular flexibility index (Phi) is 2.46. The summed E-state index contributed by atoms with van der Waals surface area (Å²) in [6.07, 6.45) is 7.39. The number of thioether (sulfide) groups is 1. The Hall–Kier alpha value is -1.62. The van der Waals surface area contributed by atoms with Crippen molar-refractivity contribution in [1.82, 2.24) is 14.8 Å². The minimum atomic E-state index is 0.915. The first-order valence-electron chi connectivity index (χ1n) is 5.06. The first-order valence-corrected chi connectivity index (χ1v) is 6.05. The molecule has 0 aliphatic carbocycles. The van der Waals surface area contributed by atoms with Gasteiger partial charge >= 0.3 is 0 Å². The lowest BCUT2D eigenvalue weighted by Gasteiger charge is -1.98. The number of nitrogens with zero attached hydrogens (tertiary/aromatic N) is 4. The molecular formula is C11H10N4S. The molecule has 0 saturated carbocycles. The number of aromatic nitrogens is 3. The van der Waals surface area contributed by atoms with Gasteiger partial charge in [0.05, 0.1) is 18.1 Å². The first kappa shape index (κ1) is 9.59. The standard InChI is InChI=1S/C11H10N4S/c1-2-10(7-12-3-1)15-8-9(6-14-15)11-13-4-5-16-11/h1-3,6-8H,4-5H2. The molecule has 3 heterocycles. The van der Waals surface area contributed by atoms with Crippen molar-refractivity contribution in [1.29, 1.82) is 0 Å². The predicted octanol–water partition coefficient (Wildman–Crippen LogP) is 1.76. The molecule has 0 amide bonds. The van der Waals surface area contributed by atoms with E-state index in [4.69, 9.17) is 0 Å². The van der Waals surface area contributed by atoms with Gasteiger partial charge in [-0.1, -0.05) is 0 Å². The predicted molar refractivity (Wildman–Crippen MR) is 65.2 cm³/mol. The molecule has 0 spiro atoms. The molecule has 0 aromatic carbocycles. The Labute approximate surface area is 97.4 Å². The number of aliphatic imine (C=N–C) groups is 1. The topological polar surface area (TPSA) is 43.1 Å². The van der Waals surface area contributed by atoms with Crippen molar-refractivity contribution >= 4 is 16.8 Å². The van der Waals surface area contributed by atoms with Crippen LogP contribution in [0.5, 0.6) is 0 Å². The van der Waals surface area contributed by atoms with E-state index in [2.05, 4.69) is 15.1 Å². The van der Waals surface area contributed by atoms with Crippen LogP contribution in [0.1, 0.15) is 5.56 Å². The summed E-state index contributed by atoms with van der Waals surface area (Å²) in [6, 6.07) is 3.88. The lowest BCUT2D eigenvalue weighted by Crippen LogP contribution is -1.94. The van der Waals surface area contributed by atoms with E-state index in [0.717, 1.165) is 28.6 Å². The van der Waals surface area contributed by atoms with Crippen LogP contribution >= 0.6 is 11.8 Å². The Morgan fingerprint density at radius 1 is 1.31 bits per heavy atom. The fourth-order valence-corrected chi connectivity index (χ4v) is 2.40. The second kappa shape index (κ2) is 4.09. The second-order valence-corrected chi connectivity index (χ2v) is 4.50. The lowest BCUT2D eigenvalue weighted by atomic mass is 10.4. The van der Waals surface area contributed by atoms with Gasteiger partial charge in [-0.25, -0.2) is 4.68 Å². The maximum Gasteiger partial charge on any atom is 0.101 e. The summed E-state index contributed by atoms with van der Waals surface area (Å²) < 4.78 is 1.82. The fourth-order valence-electron chi connectivity index (χ4n) is 1.57. The van der Waals surface area contributed by atoms with E-state index in [-0.39, 0.29) is 0 Å². The van der Waals surface area contributed by atoms with E-state index in [1.807, 2.05) is 29.2 Å². The van der Waals surface area contributed by atoms with Gasteiger partial charge in [-0.15, -0.1) is 11.8 Å². The average Bonchev–Trinajstić information content (AvgIpc) is 3.01. The maximum absolute atomic E-state index is 4.42. The lowest BCUT2D eigenvalue weighted by molar-refractivity contribution is 0.874. The SMILES string of the molecule is c1cncc(-n2cc(C3=NCCS3)cn2)c1. The van der Waals surface area contributed by atoms with E-state index in [1.165, 1.54) is 0 Å². The third kappa shape index (κ3) is 1.74.